The Bertz CT molecular complexity index is 659. The summed E-state index contributed by atoms with van der Waals surface area (Å²) in [5.74, 6) is -1.19. The average molecular weight is 287 g/mol. The van der Waals surface area contributed by atoms with Crippen molar-refractivity contribution in [1.29, 1.82) is 0 Å². The number of carboxylic acid groups (broad SMARTS) is 1. The van der Waals surface area contributed by atoms with Crippen LogP contribution in [0, 0.1) is 19.7 Å². The molecule has 0 bridgehead atoms. The van der Waals surface area contributed by atoms with Gasteiger partial charge in [-0.15, -0.1) is 0 Å². The topological polar surface area (TPSA) is 63.3 Å². The molecule has 0 saturated heterocycles. The van der Waals surface area contributed by atoms with Crippen molar-refractivity contribution in [3.8, 4) is 11.1 Å². The highest BCUT2D eigenvalue weighted by Gasteiger charge is 2.13. The molecule has 2 rings (SSSR count). The first-order chi connectivity index (χ1) is 9.88. The van der Waals surface area contributed by atoms with Crippen molar-refractivity contribution < 1.29 is 14.3 Å². The number of aryl methyl sites for hydroxylation is 2. The molecule has 2 aromatic rings. The van der Waals surface area contributed by atoms with Gasteiger partial charge in [-0.1, -0.05) is 18.2 Å². The number of hydrogen-bond donors (Lipinski definition) is 2. The summed E-state index contributed by atoms with van der Waals surface area (Å²) >= 11 is 0. The quantitative estimate of drug-likeness (QED) is 0.903. The molecule has 0 amide bonds. The first-order valence-electron chi connectivity index (χ1n) is 6.73. The first-order valence-corrected chi connectivity index (χ1v) is 6.73. The lowest BCUT2D eigenvalue weighted by Crippen LogP contribution is -2.14. The van der Waals surface area contributed by atoms with Crippen LogP contribution in [0.5, 0.6) is 0 Å². The second-order valence-corrected chi connectivity index (χ2v) is 5.24. The Hall–Kier alpha value is -2.20. The van der Waals surface area contributed by atoms with E-state index in [-0.39, 0.29) is 12.2 Å². The van der Waals surface area contributed by atoms with E-state index in [1.54, 1.807) is 0 Å². The van der Waals surface area contributed by atoms with Gasteiger partial charge >= 0.3 is 5.97 Å². The number of aliphatic carboxylic acids is 1. The van der Waals surface area contributed by atoms with E-state index in [2.05, 4.69) is 0 Å². The van der Waals surface area contributed by atoms with Crippen molar-refractivity contribution in [2.45, 2.75) is 26.3 Å². The minimum atomic E-state index is -0.929. The zero-order chi connectivity index (χ0) is 15.6. The second-order valence-electron chi connectivity index (χ2n) is 5.24. The first kappa shape index (κ1) is 15.2. The van der Waals surface area contributed by atoms with Gasteiger partial charge in [-0.05, 0) is 59.9 Å². The third-order valence-corrected chi connectivity index (χ3v) is 3.50. The van der Waals surface area contributed by atoms with Gasteiger partial charge in [0, 0.05) is 6.04 Å². The van der Waals surface area contributed by atoms with Crippen molar-refractivity contribution in [1.82, 2.24) is 0 Å². The molecule has 3 N–H and O–H groups in total. The molecule has 0 aliphatic rings. The third-order valence-electron chi connectivity index (χ3n) is 3.50. The molecular formula is C17H18FNO2. The highest BCUT2D eigenvalue weighted by Crippen LogP contribution is 2.30. The fourth-order valence-corrected chi connectivity index (χ4v) is 2.60. The normalized spacial score (nSPS) is 12.2. The molecule has 0 fully saturated rings. The molecular weight excluding hydrogens is 269 g/mol. The maximum Gasteiger partial charge on any atom is 0.305 e. The lowest BCUT2D eigenvalue weighted by Gasteiger charge is -2.14. The monoisotopic (exact) mass is 287 g/mol. The lowest BCUT2D eigenvalue weighted by atomic mass is 9.93. The number of carbonyl (C=O) groups is 1. The summed E-state index contributed by atoms with van der Waals surface area (Å²) in [6.07, 6.45) is -0.120. The number of rotatable bonds is 4. The largest absolute Gasteiger partial charge is 0.481 e. The van der Waals surface area contributed by atoms with Crippen LogP contribution in [0.1, 0.15) is 29.2 Å². The van der Waals surface area contributed by atoms with Crippen LogP contribution >= 0.6 is 0 Å². The van der Waals surface area contributed by atoms with Gasteiger partial charge in [0.2, 0.25) is 0 Å². The van der Waals surface area contributed by atoms with Gasteiger partial charge in [-0.25, -0.2) is 4.39 Å². The zero-order valence-electron chi connectivity index (χ0n) is 12.1. The number of carboxylic acids is 1. The molecule has 2 aromatic carbocycles. The molecule has 0 aromatic heterocycles. The van der Waals surface area contributed by atoms with E-state index < -0.39 is 12.0 Å². The van der Waals surface area contributed by atoms with Gasteiger partial charge < -0.3 is 10.8 Å². The van der Waals surface area contributed by atoms with E-state index in [9.17, 15) is 9.18 Å². The van der Waals surface area contributed by atoms with E-state index >= 15 is 0 Å². The van der Waals surface area contributed by atoms with Gasteiger partial charge in [-0.3, -0.25) is 4.79 Å². The molecule has 110 valence electrons. The van der Waals surface area contributed by atoms with Crippen molar-refractivity contribution in [2.24, 2.45) is 5.73 Å². The third kappa shape index (κ3) is 3.47. The summed E-state index contributed by atoms with van der Waals surface area (Å²) in [6, 6.07) is 9.88. The zero-order valence-corrected chi connectivity index (χ0v) is 12.1. The molecule has 0 aliphatic carbocycles. The van der Waals surface area contributed by atoms with E-state index in [1.807, 2.05) is 38.1 Å². The molecule has 0 aliphatic heterocycles. The Balaban J connectivity index is 2.45. The fraction of sp³-hybridized carbons (Fsp3) is 0.235. The van der Waals surface area contributed by atoms with Gasteiger partial charge in [0.25, 0.3) is 0 Å². The van der Waals surface area contributed by atoms with Crippen LogP contribution in [0.4, 0.5) is 4.39 Å². The number of nitrogens with two attached hydrogens (primary N) is 1. The van der Waals surface area contributed by atoms with E-state index in [0.717, 1.165) is 27.8 Å². The minimum absolute atomic E-state index is 0.120. The van der Waals surface area contributed by atoms with Crippen molar-refractivity contribution in [3.63, 3.8) is 0 Å². The van der Waals surface area contributed by atoms with Crippen LogP contribution in [-0.2, 0) is 4.79 Å². The number of hydrogen-bond acceptors (Lipinski definition) is 2. The summed E-state index contributed by atoms with van der Waals surface area (Å²) in [7, 11) is 0. The van der Waals surface area contributed by atoms with E-state index in [0.29, 0.717) is 0 Å². The Morgan fingerprint density at radius 3 is 2.43 bits per heavy atom. The predicted molar refractivity (Wildman–Crippen MR) is 80.5 cm³/mol. The lowest BCUT2D eigenvalue weighted by molar-refractivity contribution is -0.137. The van der Waals surface area contributed by atoms with E-state index in [1.165, 1.54) is 12.1 Å². The standard InChI is InChI=1S/C17H18FNO2/c1-10-6-14(18)7-11(2)17(10)13-5-3-4-12(8-13)15(19)9-16(20)21/h3-8,15H,9,19H2,1-2H3,(H,20,21)/t15-/m0/s1. The molecule has 4 heteroatoms. The summed E-state index contributed by atoms with van der Waals surface area (Å²) in [6.45, 7) is 3.71. The summed E-state index contributed by atoms with van der Waals surface area (Å²) in [4.78, 5) is 10.8. The van der Waals surface area contributed by atoms with E-state index in [4.69, 9.17) is 10.8 Å². The summed E-state index contributed by atoms with van der Waals surface area (Å²) < 4.78 is 13.4. The second kappa shape index (κ2) is 6.06. The van der Waals surface area contributed by atoms with Crippen LogP contribution in [0.25, 0.3) is 11.1 Å². The molecule has 3 nitrogen and oxygen atoms in total. The minimum Gasteiger partial charge on any atom is -0.481 e. The molecule has 0 spiro atoms. The maximum atomic E-state index is 13.4. The Morgan fingerprint density at radius 2 is 1.86 bits per heavy atom. The van der Waals surface area contributed by atoms with Gasteiger partial charge in [0.15, 0.2) is 0 Å². The Labute approximate surface area is 123 Å². The van der Waals surface area contributed by atoms with Crippen LogP contribution in [0.15, 0.2) is 36.4 Å². The predicted octanol–water partition coefficient (Wildman–Crippen LogP) is 3.58. The molecule has 1 atom stereocenters. The average Bonchev–Trinajstić information content (AvgIpc) is 2.37. The number of benzene rings is 2. The van der Waals surface area contributed by atoms with Gasteiger partial charge in [0.1, 0.15) is 5.82 Å². The van der Waals surface area contributed by atoms with Crippen molar-refractivity contribution in [3.05, 3.63) is 58.9 Å². The molecule has 0 unspecified atom stereocenters. The van der Waals surface area contributed by atoms with Crippen LogP contribution in [0.3, 0.4) is 0 Å². The highest BCUT2D eigenvalue weighted by molar-refractivity contribution is 5.72. The molecule has 21 heavy (non-hydrogen) atoms. The smallest absolute Gasteiger partial charge is 0.305 e. The van der Waals surface area contributed by atoms with Crippen molar-refractivity contribution >= 4 is 5.97 Å². The summed E-state index contributed by atoms with van der Waals surface area (Å²) in [5.41, 5.74) is 10.2. The van der Waals surface area contributed by atoms with Crippen LogP contribution < -0.4 is 5.73 Å². The SMILES string of the molecule is Cc1cc(F)cc(C)c1-c1cccc([C@@H](N)CC(=O)O)c1. The molecule has 0 saturated carbocycles. The maximum absolute atomic E-state index is 13.4. The van der Waals surface area contributed by atoms with Gasteiger partial charge in [-0.2, -0.15) is 0 Å². The number of halogens is 1. The fourth-order valence-electron chi connectivity index (χ4n) is 2.60. The Morgan fingerprint density at radius 1 is 1.24 bits per heavy atom. The van der Waals surface area contributed by atoms with Crippen LogP contribution in [-0.4, -0.2) is 11.1 Å². The molecule has 0 heterocycles. The van der Waals surface area contributed by atoms with Gasteiger partial charge in [0.05, 0.1) is 6.42 Å². The van der Waals surface area contributed by atoms with Crippen LogP contribution in [0.2, 0.25) is 0 Å². The highest BCUT2D eigenvalue weighted by atomic mass is 19.1. The Kier molecular flexibility index (Phi) is 4.38. The molecule has 0 radical (unpaired) electrons. The van der Waals surface area contributed by atoms with Crippen molar-refractivity contribution in [2.75, 3.05) is 0 Å². The summed E-state index contributed by atoms with van der Waals surface area (Å²) in [5, 5.41) is 8.83.